The van der Waals surface area contributed by atoms with Gasteiger partial charge in [-0.15, -0.1) is 0 Å². The number of epoxide rings is 8. The predicted molar refractivity (Wildman–Crippen MR) is 435 cm³/mol. The van der Waals surface area contributed by atoms with Gasteiger partial charge in [0.25, 0.3) is 0 Å². The number of cyclic esters (lactones) is 8. The molecular weight excluding hydrogens is 1780 g/mol. The SMILES string of the molecule is C[C@@H]1OC(=O)[C@@]23[C@@]4(C)C[C@H]5O[C@@]56C(=CC(=O)OC6(C)C)[C@]45C[C@@](C)([C@@]4(O)O[C@]5(C)O[C@]142)[C@@]31CO1.C[C@@H]1OC(=O)[C@@]23[C@@]4(C)C[C@H]5O[C@@]56C(=CC(=O)OC6(C)C)[C@]45C[C@@](C)([C@@]4(O)O[C@]5(C)O[C@]142)[C@@]31CO1.C[C@@H]1OC(=O)[C@@]23[C@@]4(C)C[C@H]5O[C@@]56C(=CC(=O)OC6(C)C)[C@]45C[C@@](C)([C@@]4(O)O[C@]5(C)O[C@]142)[C@@]31CO1.C[C@@H]1OC(=O)[C@@]23[C@@]4(C)C[C@H]5O[C@@]56C(=CC(=O)OC6(C)C)[C@]45C[C@@](C)([C@@]4(O)O[C@]5(C)O[C@]142)[C@@]31CO1. The van der Waals surface area contributed by atoms with Gasteiger partial charge in [-0.25, -0.2) is 19.2 Å². The molecule has 44 atom stereocenters. The lowest BCUT2D eigenvalue weighted by Gasteiger charge is -2.74. The molecule has 40 aliphatic rings. The minimum atomic E-state index is -1.80. The number of hydrogen-bond acceptors (Lipinski definition) is 36. The second-order valence-electron chi connectivity index (χ2n) is 52.9. The van der Waals surface area contributed by atoms with E-state index in [0.717, 1.165) is 22.3 Å². The molecule has 12 saturated carbocycles. The number of aliphatic hydroxyl groups is 4. The van der Waals surface area contributed by atoms with Gasteiger partial charge < -0.3 is 134 Å². The van der Waals surface area contributed by atoms with Crippen molar-refractivity contribution in [1.82, 2.24) is 0 Å². The van der Waals surface area contributed by atoms with E-state index < -0.39 is 295 Å². The zero-order chi connectivity index (χ0) is 95.8. The molecule has 24 bridgehead atoms. The molecule has 0 aromatic heterocycles. The van der Waals surface area contributed by atoms with Crippen molar-refractivity contribution in [2.24, 2.45) is 86.6 Å². The topological polar surface area (TPSA) is 465 Å². The molecule has 28 heterocycles. The highest BCUT2D eigenvalue weighted by molar-refractivity contribution is 5.97. The maximum Gasteiger partial charge on any atom is 0.331 e. The third kappa shape index (κ3) is 5.47. The van der Waals surface area contributed by atoms with Gasteiger partial charge in [-0.1, -0.05) is 55.4 Å². The van der Waals surface area contributed by atoms with Crippen molar-refractivity contribution in [2.45, 2.75) is 402 Å². The maximum absolute atomic E-state index is 14.2. The van der Waals surface area contributed by atoms with Crippen LogP contribution >= 0.6 is 0 Å². The van der Waals surface area contributed by atoms with Gasteiger partial charge in [0, 0.05) is 46.0 Å². The second kappa shape index (κ2) is 18.9. The van der Waals surface area contributed by atoms with Crippen molar-refractivity contribution in [3.05, 3.63) is 46.6 Å². The summed E-state index contributed by atoms with van der Waals surface area (Å²) in [5.41, 5.74) is -30.0. The van der Waals surface area contributed by atoms with E-state index in [1.165, 1.54) is 0 Å². The van der Waals surface area contributed by atoms with Crippen LogP contribution in [0.3, 0.4) is 0 Å². The van der Waals surface area contributed by atoms with Crippen LogP contribution in [0.5, 0.6) is 0 Å². The van der Waals surface area contributed by atoms with Gasteiger partial charge in [0.15, 0.2) is 68.0 Å². The van der Waals surface area contributed by atoms with Crippen LogP contribution in [0.15, 0.2) is 46.6 Å². The Labute approximate surface area is 778 Å². The first kappa shape index (κ1) is 82.4. The number of carbonyl (C=O) groups excluding carboxylic acids is 8. The fourth-order valence-electron chi connectivity index (χ4n) is 46.3. The van der Waals surface area contributed by atoms with E-state index in [-0.39, 0.29) is 24.4 Å². The highest BCUT2D eigenvalue weighted by atomic mass is 16.9. The van der Waals surface area contributed by atoms with Gasteiger partial charge >= 0.3 is 47.8 Å². The highest BCUT2D eigenvalue weighted by Gasteiger charge is 3.20. The molecule has 36 nitrogen and oxygen atoms in total. The van der Waals surface area contributed by atoms with Gasteiger partial charge in [0.2, 0.25) is 23.1 Å². The molecule has 20 spiro atoms. The summed E-state index contributed by atoms with van der Waals surface area (Å²) in [5.74, 6) is -15.9. The molecule has 40 rings (SSSR count). The van der Waals surface area contributed by atoms with Crippen LogP contribution in [-0.4, -0.2) is 279 Å². The van der Waals surface area contributed by atoms with Crippen LogP contribution in [0.4, 0.5) is 0 Å². The Balaban J connectivity index is 0.0000000814. The van der Waals surface area contributed by atoms with Crippen molar-refractivity contribution in [1.29, 1.82) is 0 Å². The lowest BCUT2D eigenvalue weighted by molar-refractivity contribution is -0.415. The average Bonchev–Trinajstić information content (AvgIpc) is 1.39. The molecule has 4 N–H and O–H groups in total. The molecule has 0 amide bonds. The Morgan fingerprint density at radius 3 is 0.610 bits per heavy atom. The number of ether oxygens (including phenoxy) is 24. The molecule has 12 aliphatic carbocycles. The summed E-state index contributed by atoms with van der Waals surface area (Å²) < 4.78 is 153. The number of carbonyl (C=O) groups is 8. The van der Waals surface area contributed by atoms with E-state index in [2.05, 4.69) is 27.7 Å². The molecule has 136 heavy (non-hydrogen) atoms. The van der Waals surface area contributed by atoms with E-state index in [1.807, 2.05) is 111 Å². The standard InChI is InChI=1S/4C25H28O9/c4*1-11-24-23(15(27)30-11)17(4)8-13-22(31-13)12(7-14(26)32-16(22,2)3)20(17)9-18(5,21(23)10-29-21)25(24,28)34-19(20,6)33-24/h4*7,11,13,28H,8-10H2,1-6H3/t4*11-,13+,17-,18+,19-,20+,21-,22-,23-,24-,25+/m0000/s1. The molecule has 0 aromatic rings. The summed E-state index contributed by atoms with van der Waals surface area (Å²) in [6, 6.07) is 0. The summed E-state index contributed by atoms with van der Waals surface area (Å²) in [5, 5.41) is 50.2. The molecule has 728 valence electrons. The molecule has 24 saturated heterocycles. The molecule has 28 aliphatic heterocycles. The zero-order valence-electron chi connectivity index (χ0n) is 80.3. The zero-order valence-corrected chi connectivity index (χ0v) is 80.3. The van der Waals surface area contributed by atoms with Gasteiger partial charge in [-0.2, -0.15) is 0 Å². The summed E-state index contributed by atoms with van der Waals surface area (Å²) in [7, 11) is 0. The first-order valence-electron chi connectivity index (χ1n) is 49.1. The minimum absolute atomic E-state index is 0.259. The molecule has 36 heteroatoms. The smallest absolute Gasteiger partial charge is 0.331 e. The first-order valence-corrected chi connectivity index (χ1v) is 49.1. The molecular formula is C100H112O36. The normalized spacial score (nSPS) is 70.3. The molecule has 36 fully saturated rings. The summed E-state index contributed by atoms with van der Waals surface area (Å²) in [6.07, 6.45) is 5.93. The van der Waals surface area contributed by atoms with E-state index in [0.29, 0.717) is 77.8 Å². The van der Waals surface area contributed by atoms with Crippen LogP contribution < -0.4 is 0 Å². The Morgan fingerprint density at radius 1 is 0.265 bits per heavy atom. The molecule has 0 aromatic carbocycles. The van der Waals surface area contributed by atoms with Gasteiger partial charge in [0.05, 0.1) is 94.2 Å². The van der Waals surface area contributed by atoms with Gasteiger partial charge in [-0.3, -0.25) is 19.2 Å². The Bertz CT molecular complexity index is 5770. The van der Waals surface area contributed by atoms with Gasteiger partial charge in [0.1, 0.15) is 90.9 Å². The number of rotatable bonds is 0. The van der Waals surface area contributed by atoms with Crippen molar-refractivity contribution in [3.63, 3.8) is 0 Å². The fourth-order valence-corrected chi connectivity index (χ4v) is 46.3. The van der Waals surface area contributed by atoms with Crippen LogP contribution in [-0.2, 0) is 152 Å². The van der Waals surface area contributed by atoms with Crippen LogP contribution in [0.1, 0.15) is 218 Å². The highest BCUT2D eigenvalue weighted by Crippen LogP contribution is 3.06. The van der Waals surface area contributed by atoms with E-state index in [9.17, 15) is 58.8 Å². The summed E-state index contributed by atoms with van der Waals surface area (Å²) in [6.45, 7) is 46.9. The average molecular weight is 1890 g/mol. The van der Waals surface area contributed by atoms with Crippen molar-refractivity contribution in [3.8, 4) is 0 Å². The largest absolute Gasteiger partial charge is 0.459 e. The van der Waals surface area contributed by atoms with Gasteiger partial charge in [-0.05, 0) is 184 Å². The second-order valence-corrected chi connectivity index (χ2v) is 52.9. The van der Waals surface area contributed by atoms with Crippen LogP contribution in [0.2, 0.25) is 0 Å². The Kier molecular flexibility index (Phi) is 11.5. The van der Waals surface area contributed by atoms with Crippen LogP contribution in [0.25, 0.3) is 0 Å². The van der Waals surface area contributed by atoms with E-state index in [1.54, 1.807) is 52.0 Å². The third-order valence-electron chi connectivity index (χ3n) is 49.8. The minimum Gasteiger partial charge on any atom is -0.459 e. The third-order valence-corrected chi connectivity index (χ3v) is 49.8. The lowest BCUT2D eigenvalue weighted by atomic mass is 9.30. The molecule has 0 radical (unpaired) electrons. The summed E-state index contributed by atoms with van der Waals surface area (Å²) in [4.78, 5) is 109. The van der Waals surface area contributed by atoms with E-state index in [4.69, 9.17) is 114 Å². The number of hydrogen-bond donors (Lipinski definition) is 4. The van der Waals surface area contributed by atoms with Crippen molar-refractivity contribution < 1.29 is 172 Å². The maximum atomic E-state index is 14.2. The molecule has 0 unspecified atom stereocenters. The quantitative estimate of drug-likeness (QED) is 0.148. The van der Waals surface area contributed by atoms with Crippen molar-refractivity contribution >= 4 is 47.8 Å². The monoisotopic (exact) mass is 1890 g/mol. The van der Waals surface area contributed by atoms with Crippen molar-refractivity contribution in [2.75, 3.05) is 26.4 Å². The van der Waals surface area contributed by atoms with E-state index >= 15 is 0 Å². The Hall–Kier alpha value is -6.08. The fraction of sp³-hybridized carbons (Fsp3) is 0.840. The Morgan fingerprint density at radius 2 is 0.441 bits per heavy atom. The predicted octanol–water partition coefficient (Wildman–Crippen LogP) is 4.44. The number of esters is 8. The summed E-state index contributed by atoms with van der Waals surface area (Å²) >= 11 is 0. The van der Waals surface area contributed by atoms with Crippen LogP contribution in [0, 0.1) is 86.6 Å². The first-order chi connectivity index (χ1) is 62.7. The lowest BCUT2D eigenvalue weighted by Crippen LogP contribution is -2.83.